The topological polar surface area (TPSA) is 43.8 Å². The van der Waals surface area contributed by atoms with Crippen LogP contribution in [0, 0.1) is 5.92 Å². The van der Waals surface area contributed by atoms with Gasteiger partial charge < -0.3 is 5.11 Å². The van der Waals surface area contributed by atoms with Crippen molar-refractivity contribution in [2.75, 3.05) is 24.7 Å². The zero-order valence-corrected chi connectivity index (χ0v) is 17.7. The zero-order chi connectivity index (χ0) is 21.3. The summed E-state index contributed by atoms with van der Waals surface area (Å²) in [4.78, 5) is 17.6. The van der Waals surface area contributed by atoms with Crippen LogP contribution in [-0.2, 0) is 16.8 Å². The number of carbonyl (C=O) groups is 1. The van der Waals surface area contributed by atoms with Crippen molar-refractivity contribution in [3.05, 3.63) is 102 Å². The number of fused-ring (bicyclic) bond motifs is 1. The van der Waals surface area contributed by atoms with E-state index in [9.17, 15) is 9.90 Å². The number of nitrogens with zero attached hydrogens (tertiary/aromatic N) is 2. The highest BCUT2D eigenvalue weighted by molar-refractivity contribution is 6.09. The number of rotatable bonds is 5. The molecule has 4 nitrogen and oxygen atoms in total. The lowest BCUT2D eigenvalue weighted by Crippen LogP contribution is -2.48. The van der Waals surface area contributed by atoms with Gasteiger partial charge in [-0.05, 0) is 42.4 Å². The van der Waals surface area contributed by atoms with Gasteiger partial charge in [0.2, 0.25) is 0 Å². The summed E-state index contributed by atoms with van der Waals surface area (Å²) in [5, 5.41) is 11.6. The number of amides is 1. The summed E-state index contributed by atoms with van der Waals surface area (Å²) in [6, 6.07) is 27.6. The van der Waals surface area contributed by atoms with Crippen LogP contribution in [0.2, 0.25) is 0 Å². The fourth-order valence-corrected chi connectivity index (χ4v) is 5.01. The van der Waals surface area contributed by atoms with E-state index in [1.807, 2.05) is 54.6 Å². The third-order valence-corrected chi connectivity index (χ3v) is 6.75. The van der Waals surface area contributed by atoms with E-state index in [2.05, 4.69) is 35.2 Å². The van der Waals surface area contributed by atoms with E-state index < -0.39 is 5.60 Å². The van der Waals surface area contributed by atoms with Crippen molar-refractivity contribution in [3.8, 4) is 0 Å². The van der Waals surface area contributed by atoms with E-state index in [4.69, 9.17) is 0 Å². The molecule has 3 aromatic carbocycles. The molecule has 5 rings (SSSR count). The van der Waals surface area contributed by atoms with Crippen molar-refractivity contribution in [1.29, 1.82) is 0 Å². The van der Waals surface area contributed by atoms with Crippen LogP contribution >= 0.6 is 0 Å². The molecule has 0 radical (unpaired) electrons. The van der Waals surface area contributed by atoms with Gasteiger partial charge in [0.05, 0.1) is 12.4 Å². The Labute approximate surface area is 183 Å². The van der Waals surface area contributed by atoms with Gasteiger partial charge in [-0.1, -0.05) is 78.9 Å². The monoisotopic (exact) mass is 412 g/mol. The quantitative estimate of drug-likeness (QED) is 0.684. The zero-order valence-electron chi connectivity index (χ0n) is 17.7. The van der Waals surface area contributed by atoms with Crippen LogP contribution in [0.3, 0.4) is 0 Å². The minimum absolute atomic E-state index is 0.258. The lowest BCUT2D eigenvalue weighted by Gasteiger charge is -2.35. The number of hydrogen-bond donors (Lipinski definition) is 1. The fourth-order valence-electron chi connectivity index (χ4n) is 5.01. The molecule has 0 bridgehead atoms. The highest BCUT2D eigenvalue weighted by Gasteiger charge is 2.51. The van der Waals surface area contributed by atoms with Crippen molar-refractivity contribution in [3.63, 3.8) is 0 Å². The average molecular weight is 413 g/mol. The van der Waals surface area contributed by atoms with E-state index >= 15 is 0 Å². The third-order valence-electron chi connectivity index (χ3n) is 6.75. The molecule has 2 aliphatic heterocycles. The number of para-hydroxylation sites is 1. The summed E-state index contributed by atoms with van der Waals surface area (Å²) >= 11 is 0. The van der Waals surface area contributed by atoms with Gasteiger partial charge in [-0.15, -0.1) is 0 Å². The van der Waals surface area contributed by atoms with Crippen LogP contribution in [0.1, 0.15) is 29.5 Å². The molecule has 158 valence electrons. The summed E-state index contributed by atoms with van der Waals surface area (Å²) in [5.41, 5.74) is 1.88. The summed E-state index contributed by atoms with van der Waals surface area (Å²) < 4.78 is 0. The second-order valence-electron chi connectivity index (χ2n) is 8.72. The maximum Gasteiger partial charge on any atom is 0.269 e. The molecule has 1 atom stereocenters. The largest absolute Gasteiger partial charge is 0.372 e. The summed E-state index contributed by atoms with van der Waals surface area (Å²) in [7, 11) is 0. The Morgan fingerprint density at radius 2 is 1.45 bits per heavy atom. The Bertz CT molecular complexity index is 1050. The Morgan fingerprint density at radius 1 is 0.839 bits per heavy atom. The molecule has 3 aromatic rings. The first-order chi connectivity index (χ1) is 15.2. The lowest BCUT2D eigenvalue weighted by atomic mass is 9.88. The SMILES string of the molecule is O=C1N(CN2CCC(Cc3ccccc3)CC2)c2ccccc2C1(O)c1ccccc1. The maximum absolute atomic E-state index is 13.5. The molecule has 1 saturated heterocycles. The maximum atomic E-state index is 13.5. The molecule has 0 spiro atoms. The predicted octanol–water partition coefficient (Wildman–Crippen LogP) is 4.18. The molecule has 0 aliphatic carbocycles. The Kier molecular flexibility index (Phi) is 5.34. The number of carbonyl (C=O) groups excluding carboxylic acids is 1. The molecule has 0 saturated carbocycles. The third kappa shape index (κ3) is 3.67. The normalized spacial score (nSPS) is 22.0. The van der Waals surface area contributed by atoms with E-state index in [1.54, 1.807) is 4.90 Å². The number of benzene rings is 3. The second-order valence-corrected chi connectivity index (χ2v) is 8.72. The molecule has 2 aliphatic rings. The fraction of sp³-hybridized carbons (Fsp3) is 0.296. The first kappa shape index (κ1) is 20.0. The predicted molar refractivity (Wildman–Crippen MR) is 123 cm³/mol. The smallest absolute Gasteiger partial charge is 0.269 e. The Morgan fingerprint density at radius 3 is 2.16 bits per heavy atom. The molecule has 0 aromatic heterocycles. The summed E-state index contributed by atoms with van der Waals surface area (Å²) in [6.45, 7) is 2.45. The first-order valence-corrected chi connectivity index (χ1v) is 11.1. The van der Waals surface area contributed by atoms with Gasteiger partial charge in [-0.25, -0.2) is 0 Å². The number of hydrogen-bond acceptors (Lipinski definition) is 3. The van der Waals surface area contributed by atoms with Crippen molar-refractivity contribution in [1.82, 2.24) is 4.90 Å². The van der Waals surface area contributed by atoms with Gasteiger partial charge in [0.25, 0.3) is 5.91 Å². The molecule has 31 heavy (non-hydrogen) atoms. The Hall–Kier alpha value is -2.95. The van der Waals surface area contributed by atoms with Crippen LogP contribution in [0.25, 0.3) is 0 Å². The Balaban J connectivity index is 1.31. The highest BCUT2D eigenvalue weighted by Crippen LogP contribution is 2.44. The highest BCUT2D eigenvalue weighted by atomic mass is 16.3. The summed E-state index contributed by atoms with van der Waals surface area (Å²) in [6.07, 6.45) is 3.37. The van der Waals surface area contributed by atoms with Gasteiger partial charge >= 0.3 is 0 Å². The molecule has 2 heterocycles. The standard InChI is InChI=1S/C27H28N2O2/c30-26-27(31,23-11-5-2-6-12-23)24-13-7-8-14-25(24)29(26)20-28-17-15-22(16-18-28)19-21-9-3-1-4-10-21/h1-14,22,31H,15-20H2. The van der Waals surface area contributed by atoms with Crippen LogP contribution in [-0.4, -0.2) is 35.7 Å². The van der Waals surface area contributed by atoms with Crippen LogP contribution in [0.5, 0.6) is 0 Å². The van der Waals surface area contributed by atoms with Crippen molar-refractivity contribution >= 4 is 11.6 Å². The minimum atomic E-state index is -1.62. The van der Waals surface area contributed by atoms with Gasteiger partial charge in [-0.2, -0.15) is 0 Å². The van der Waals surface area contributed by atoms with Gasteiger partial charge in [0, 0.05) is 18.7 Å². The van der Waals surface area contributed by atoms with Crippen LogP contribution in [0.15, 0.2) is 84.9 Å². The molecular formula is C27H28N2O2. The minimum Gasteiger partial charge on any atom is -0.372 e. The summed E-state index contributed by atoms with van der Waals surface area (Å²) in [5.74, 6) is 0.424. The van der Waals surface area contributed by atoms with Gasteiger partial charge in [0.1, 0.15) is 0 Å². The molecule has 1 amide bonds. The first-order valence-electron chi connectivity index (χ1n) is 11.1. The van der Waals surface area contributed by atoms with E-state index in [-0.39, 0.29) is 5.91 Å². The molecule has 4 heteroatoms. The van der Waals surface area contributed by atoms with Gasteiger partial charge in [-0.3, -0.25) is 14.6 Å². The van der Waals surface area contributed by atoms with Crippen molar-refractivity contribution in [2.45, 2.75) is 24.9 Å². The van der Waals surface area contributed by atoms with Crippen LogP contribution in [0.4, 0.5) is 5.69 Å². The van der Waals surface area contributed by atoms with Crippen molar-refractivity contribution in [2.24, 2.45) is 5.92 Å². The van der Waals surface area contributed by atoms with Gasteiger partial charge in [0.15, 0.2) is 5.60 Å². The van der Waals surface area contributed by atoms with E-state index in [1.165, 1.54) is 5.56 Å². The van der Waals surface area contributed by atoms with E-state index in [0.717, 1.165) is 38.0 Å². The second kappa shape index (κ2) is 8.29. The number of piperidine rings is 1. The lowest BCUT2D eigenvalue weighted by molar-refractivity contribution is -0.132. The molecule has 1 unspecified atom stereocenters. The molecular weight excluding hydrogens is 384 g/mol. The number of aliphatic hydroxyl groups is 1. The van der Waals surface area contributed by atoms with Crippen molar-refractivity contribution < 1.29 is 9.90 Å². The molecule has 1 N–H and O–H groups in total. The number of likely N-dealkylation sites (tertiary alicyclic amines) is 1. The van der Waals surface area contributed by atoms with Crippen LogP contribution < -0.4 is 4.90 Å². The van der Waals surface area contributed by atoms with E-state index in [0.29, 0.717) is 23.7 Å². The average Bonchev–Trinajstić information content (AvgIpc) is 3.04. The molecule has 1 fully saturated rings. The number of anilines is 1.